The number of sulfonamides is 1. The molecule has 1 aromatic carbocycles. The van der Waals surface area contributed by atoms with Crippen molar-refractivity contribution < 1.29 is 13.2 Å². The van der Waals surface area contributed by atoms with Crippen LogP contribution < -0.4 is 4.72 Å². The monoisotopic (exact) mass is 283 g/mol. The van der Waals surface area contributed by atoms with Crippen molar-refractivity contribution in [2.75, 3.05) is 10.5 Å². The van der Waals surface area contributed by atoms with Gasteiger partial charge in [-0.05, 0) is 37.6 Å². The Kier molecular flexibility index (Phi) is 5.54. The molecule has 0 heterocycles. The van der Waals surface area contributed by atoms with E-state index in [9.17, 15) is 13.2 Å². The molecule has 1 N–H and O–H groups in total. The summed E-state index contributed by atoms with van der Waals surface area (Å²) in [5.41, 5.74) is 1.11. The number of Topliss-reactive ketones (excluding diaryl/α,β-unsaturated/α-hetero) is 1. The van der Waals surface area contributed by atoms with Crippen molar-refractivity contribution in [3.8, 4) is 0 Å². The van der Waals surface area contributed by atoms with E-state index in [4.69, 9.17) is 0 Å². The van der Waals surface area contributed by atoms with E-state index in [-0.39, 0.29) is 17.5 Å². The summed E-state index contributed by atoms with van der Waals surface area (Å²) in [5, 5.41) is 0. The Bertz CT molecular complexity index is 520. The molecule has 106 valence electrons. The van der Waals surface area contributed by atoms with Gasteiger partial charge in [-0.2, -0.15) is 0 Å². The number of carbonyl (C=O) groups is 1. The topological polar surface area (TPSA) is 63.2 Å². The lowest BCUT2D eigenvalue weighted by atomic mass is 9.95. The molecule has 0 bridgehead atoms. The lowest BCUT2D eigenvalue weighted by Crippen LogP contribution is -2.15. The predicted octanol–water partition coefficient (Wildman–Crippen LogP) is 3.07. The number of rotatable bonds is 7. The molecule has 1 aromatic rings. The molecule has 1 atom stereocenters. The fourth-order valence-electron chi connectivity index (χ4n) is 1.80. The quantitative estimate of drug-likeness (QED) is 0.782. The largest absolute Gasteiger partial charge is 0.294 e. The van der Waals surface area contributed by atoms with Gasteiger partial charge in [0, 0.05) is 17.2 Å². The molecule has 0 spiro atoms. The van der Waals surface area contributed by atoms with Crippen molar-refractivity contribution in [2.24, 2.45) is 5.92 Å². The molecule has 5 heteroatoms. The molecule has 4 nitrogen and oxygen atoms in total. The van der Waals surface area contributed by atoms with E-state index < -0.39 is 10.0 Å². The average Bonchev–Trinajstić information content (AvgIpc) is 2.38. The van der Waals surface area contributed by atoms with Crippen LogP contribution in [0, 0.1) is 5.92 Å². The van der Waals surface area contributed by atoms with Crippen LogP contribution in [0.3, 0.4) is 0 Å². The summed E-state index contributed by atoms with van der Waals surface area (Å²) in [6.07, 6.45) is 1.84. The Labute approximate surface area is 115 Å². The average molecular weight is 283 g/mol. The molecule has 19 heavy (non-hydrogen) atoms. The third-order valence-corrected chi connectivity index (χ3v) is 4.30. The SMILES string of the molecule is CCCC(C)C(=O)c1ccc(NS(=O)(=O)CC)cc1. The summed E-state index contributed by atoms with van der Waals surface area (Å²) in [6.45, 7) is 5.54. The fourth-order valence-corrected chi connectivity index (χ4v) is 2.44. The minimum Gasteiger partial charge on any atom is -0.294 e. The van der Waals surface area contributed by atoms with E-state index in [1.54, 1.807) is 31.2 Å². The van der Waals surface area contributed by atoms with Gasteiger partial charge in [0.25, 0.3) is 0 Å². The zero-order valence-electron chi connectivity index (χ0n) is 11.6. The maximum Gasteiger partial charge on any atom is 0.232 e. The van der Waals surface area contributed by atoms with Crippen LogP contribution in [-0.2, 0) is 10.0 Å². The van der Waals surface area contributed by atoms with E-state index in [0.717, 1.165) is 12.8 Å². The number of hydrogen-bond donors (Lipinski definition) is 1. The second-order valence-corrected chi connectivity index (χ2v) is 6.65. The molecular weight excluding hydrogens is 262 g/mol. The molecule has 0 saturated carbocycles. The van der Waals surface area contributed by atoms with Crippen molar-refractivity contribution in [1.82, 2.24) is 0 Å². The molecule has 0 aliphatic heterocycles. The van der Waals surface area contributed by atoms with Crippen LogP contribution >= 0.6 is 0 Å². The Morgan fingerprint density at radius 2 is 1.79 bits per heavy atom. The molecule has 1 rings (SSSR count). The van der Waals surface area contributed by atoms with Gasteiger partial charge in [-0.15, -0.1) is 0 Å². The van der Waals surface area contributed by atoms with Crippen LogP contribution in [0.1, 0.15) is 44.0 Å². The van der Waals surface area contributed by atoms with E-state index >= 15 is 0 Å². The van der Waals surface area contributed by atoms with Gasteiger partial charge in [0.05, 0.1) is 5.75 Å². The first kappa shape index (κ1) is 15.7. The molecule has 0 amide bonds. The lowest BCUT2D eigenvalue weighted by molar-refractivity contribution is 0.0923. The Balaban J connectivity index is 2.79. The lowest BCUT2D eigenvalue weighted by Gasteiger charge is -2.10. The number of hydrogen-bond acceptors (Lipinski definition) is 3. The highest BCUT2D eigenvalue weighted by molar-refractivity contribution is 7.92. The third kappa shape index (κ3) is 4.67. The summed E-state index contributed by atoms with van der Waals surface area (Å²) in [5.74, 6) is 0.135. The van der Waals surface area contributed by atoms with Crippen LogP contribution in [0.25, 0.3) is 0 Å². The summed E-state index contributed by atoms with van der Waals surface area (Å²) in [4.78, 5) is 12.0. The van der Waals surface area contributed by atoms with Crippen molar-refractivity contribution in [3.63, 3.8) is 0 Å². The van der Waals surface area contributed by atoms with Gasteiger partial charge in [0.15, 0.2) is 5.78 Å². The maximum atomic E-state index is 12.0. The van der Waals surface area contributed by atoms with E-state index in [1.807, 2.05) is 13.8 Å². The molecule has 0 saturated heterocycles. The van der Waals surface area contributed by atoms with Crippen LogP contribution in [0.2, 0.25) is 0 Å². The van der Waals surface area contributed by atoms with Gasteiger partial charge in [-0.25, -0.2) is 8.42 Å². The van der Waals surface area contributed by atoms with E-state index in [2.05, 4.69) is 4.72 Å². The normalized spacial score (nSPS) is 13.0. The van der Waals surface area contributed by atoms with Crippen molar-refractivity contribution >= 4 is 21.5 Å². The summed E-state index contributed by atoms with van der Waals surface area (Å²) >= 11 is 0. The highest BCUT2D eigenvalue weighted by Gasteiger charge is 2.14. The molecular formula is C14H21NO3S. The summed E-state index contributed by atoms with van der Waals surface area (Å²) < 4.78 is 25.3. The first-order chi connectivity index (χ1) is 8.89. The van der Waals surface area contributed by atoms with E-state index in [1.165, 1.54) is 0 Å². The third-order valence-electron chi connectivity index (χ3n) is 2.99. The van der Waals surface area contributed by atoms with Crippen LogP contribution in [-0.4, -0.2) is 20.0 Å². The summed E-state index contributed by atoms with van der Waals surface area (Å²) in [7, 11) is -3.27. The minimum atomic E-state index is -3.27. The molecule has 1 unspecified atom stereocenters. The second kappa shape index (κ2) is 6.70. The molecule has 0 aliphatic rings. The zero-order chi connectivity index (χ0) is 14.5. The smallest absolute Gasteiger partial charge is 0.232 e. The number of carbonyl (C=O) groups excluding carboxylic acids is 1. The molecule has 0 aliphatic carbocycles. The number of nitrogens with one attached hydrogen (secondary N) is 1. The van der Waals surface area contributed by atoms with Gasteiger partial charge in [0.2, 0.25) is 10.0 Å². The summed E-state index contributed by atoms with van der Waals surface area (Å²) in [6, 6.07) is 6.59. The van der Waals surface area contributed by atoms with Crippen molar-refractivity contribution in [1.29, 1.82) is 0 Å². The first-order valence-corrected chi connectivity index (χ1v) is 8.19. The van der Waals surface area contributed by atoms with Gasteiger partial charge in [-0.1, -0.05) is 20.3 Å². The number of benzene rings is 1. The number of anilines is 1. The molecule has 0 fully saturated rings. The standard InChI is InChI=1S/C14H21NO3S/c1-4-6-11(3)14(16)12-7-9-13(10-8-12)15-19(17,18)5-2/h7-11,15H,4-6H2,1-3H3. The first-order valence-electron chi connectivity index (χ1n) is 6.54. The van der Waals surface area contributed by atoms with Gasteiger partial charge in [-0.3, -0.25) is 9.52 Å². The number of ketones is 1. The fraction of sp³-hybridized carbons (Fsp3) is 0.500. The molecule has 0 radical (unpaired) electrons. The second-order valence-electron chi connectivity index (χ2n) is 4.64. The van der Waals surface area contributed by atoms with Gasteiger partial charge in [0.1, 0.15) is 0 Å². The van der Waals surface area contributed by atoms with Gasteiger partial charge >= 0.3 is 0 Å². The van der Waals surface area contributed by atoms with Crippen LogP contribution in [0.5, 0.6) is 0 Å². The highest BCUT2D eigenvalue weighted by Crippen LogP contribution is 2.17. The molecule has 0 aromatic heterocycles. The minimum absolute atomic E-state index is 0.00295. The maximum absolute atomic E-state index is 12.0. The Hall–Kier alpha value is -1.36. The van der Waals surface area contributed by atoms with Gasteiger partial charge < -0.3 is 0 Å². The van der Waals surface area contributed by atoms with Crippen LogP contribution in [0.15, 0.2) is 24.3 Å². The zero-order valence-corrected chi connectivity index (χ0v) is 12.5. The van der Waals surface area contributed by atoms with Crippen molar-refractivity contribution in [2.45, 2.75) is 33.6 Å². The Morgan fingerprint density at radius 3 is 2.26 bits per heavy atom. The van der Waals surface area contributed by atoms with Crippen LogP contribution in [0.4, 0.5) is 5.69 Å². The predicted molar refractivity (Wildman–Crippen MR) is 77.9 cm³/mol. The highest BCUT2D eigenvalue weighted by atomic mass is 32.2. The van der Waals surface area contributed by atoms with E-state index in [0.29, 0.717) is 11.3 Å². The Morgan fingerprint density at radius 1 is 1.21 bits per heavy atom. The van der Waals surface area contributed by atoms with Crippen molar-refractivity contribution in [3.05, 3.63) is 29.8 Å².